The number of benzene rings is 2. The Morgan fingerprint density at radius 3 is 2.61 bits per heavy atom. The second-order valence-corrected chi connectivity index (χ2v) is 10.9. The van der Waals surface area contributed by atoms with E-state index < -0.39 is 5.60 Å². The first-order valence-corrected chi connectivity index (χ1v) is 13.3. The lowest BCUT2D eigenvalue weighted by Gasteiger charge is -2.31. The Morgan fingerprint density at radius 2 is 1.82 bits per heavy atom. The van der Waals surface area contributed by atoms with Crippen molar-refractivity contribution in [2.24, 2.45) is 0 Å². The van der Waals surface area contributed by atoms with Crippen LogP contribution >= 0.6 is 0 Å². The lowest BCUT2D eigenvalue weighted by Crippen LogP contribution is -2.39. The number of carbonyl (C=O) groups is 1. The summed E-state index contributed by atoms with van der Waals surface area (Å²) in [6, 6.07) is 14.1. The number of nitrogens with zero attached hydrogens (tertiary/aromatic N) is 2. The van der Waals surface area contributed by atoms with Gasteiger partial charge in [-0.15, -0.1) is 0 Å². The third-order valence-electron chi connectivity index (χ3n) is 7.09. The first-order chi connectivity index (χ1) is 18.2. The summed E-state index contributed by atoms with van der Waals surface area (Å²) in [5.74, 6) is 0.740. The number of methoxy groups -OCH3 is 1. The molecule has 0 spiro atoms. The van der Waals surface area contributed by atoms with Gasteiger partial charge < -0.3 is 24.2 Å². The molecule has 0 saturated carbocycles. The Morgan fingerprint density at radius 1 is 1.03 bits per heavy atom. The van der Waals surface area contributed by atoms with Crippen molar-refractivity contribution >= 4 is 6.09 Å². The summed E-state index contributed by atoms with van der Waals surface area (Å²) < 4.78 is 16.7. The van der Waals surface area contributed by atoms with Gasteiger partial charge in [-0.25, -0.2) is 9.78 Å². The van der Waals surface area contributed by atoms with Crippen LogP contribution in [0.3, 0.4) is 0 Å². The zero-order valence-electron chi connectivity index (χ0n) is 22.7. The zero-order valence-corrected chi connectivity index (χ0v) is 22.7. The van der Waals surface area contributed by atoms with Gasteiger partial charge in [-0.3, -0.25) is 0 Å². The molecule has 7 nitrogen and oxygen atoms in total. The van der Waals surface area contributed by atoms with Gasteiger partial charge in [0, 0.05) is 31.3 Å². The molecule has 0 radical (unpaired) electrons. The maximum absolute atomic E-state index is 12.6. The summed E-state index contributed by atoms with van der Waals surface area (Å²) in [6.07, 6.45) is 3.29. The lowest BCUT2D eigenvalue weighted by molar-refractivity contribution is 0.0224. The average Bonchev–Trinajstić information content (AvgIpc) is 3.37. The molecule has 1 N–H and O–H groups in total. The van der Waals surface area contributed by atoms with Crippen LogP contribution in [0.2, 0.25) is 0 Å². The Kier molecular flexibility index (Phi) is 7.30. The summed E-state index contributed by atoms with van der Waals surface area (Å²) >= 11 is 0. The van der Waals surface area contributed by atoms with E-state index in [1.54, 1.807) is 12.0 Å². The number of hydrogen-bond donors (Lipinski definition) is 1. The Labute approximate surface area is 224 Å². The van der Waals surface area contributed by atoms with Crippen molar-refractivity contribution in [3.8, 4) is 34.0 Å². The number of pyridine rings is 1. The first-order valence-electron chi connectivity index (χ1n) is 13.3. The van der Waals surface area contributed by atoms with Gasteiger partial charge in [-0.2, -0.15) is 0 Å². The van der Waals surface area contributed by atoms with Crippen molar-refractivity contribution in [1.82, 2.24) is 9.88 Å². The number of aromatic hydroxyl groups is 1. The first kappa shape index (κ1) is 26.0. The van der Waals surface area contributed by atoms with Crippen LogP contribution < -0.4 is 4.74 Å². The van der Waals surface area contributed by atoms with E-state index in [0.29, 0.717) is 32.1 Å². The number of ether oxygens (including phenoxy) is 3. The summed E-state index contributed by atoms with van der Waals surface area (Å²) in [5.41, 5.74) is 7.60. The minimum atomic E-state index is -0.516. The fraction of sp³-hybridized carbons (Fsp3) is 0.419. The predicted octanol–water partition coefficient (Wildman–Crippen LogP) is 5.93. The van der Waals surface area contributed by atoms with Crippen LogP contribution in [0, 0.1) is 0 Å². The molecule has 1 aliphatic carbocycles. The fourth-order valence-corrected chi connectivity index (χ4v) is 5.38. The molecule has 0 atom stereocenters. The van der Waals surface area contributed by atoms with Gasteiger partial charge in [-0.1, -0.05) is 30.3 Å². The molecule has 0 bridgehead atoms. The zero-order chi connectivity index (χ0) is 26.9. The maximum Gasteiger partial charge on any atom is 0.410 e. The van der Waals surface area contributed by atoms with E-state index in [9.17, 15) is 9.90 Å². The molecular formula is C31H36N2O5. The van der Waals surface area contributed by atoms with Gasteiger partial charge in [0.2, 0.25) is 5.88 Å². The number of aromatic nitrogens is 1. The number of fused-ring (bicyclic) bond motifs is 2. The summed E-state index contributed by atoms with van der Waals surface area (Å²) in [7, 11) is 1.65. The summed E-state index contributed by atoms with van der Waals surface area (Å²) in [5, 5.41) is 11.2. The van der Waals surface area contributed by atoms with Crippen molar-refractivity contribution in [2.45, 2.75) is 58.6 Å². The van der Waals surface area contributed by atoms with Crippen LogP contribution in [0.4, 0.5) is 4.79 Å². The van der Waals surface area contributed by atoms with E-state index in [0.717, 1.165) is 59.2 Å². The van der Waals surface area contributed by atoms with E-state index in [-0.39, 0.29) is 12.0 Å². The summed E-state index contributed by atoms with van der Waals surface area (Å²) in [4.78, 5) is 19.1. The number of hydrogen-bond acceptors (Lipinski definition) is 6. The van der Waals surface area contributed by atoms with E-state index in [1.807, 2.05) is 45.0 Å². The molecule has 2 heterocycles. The van der Waals surface area contributed by atoms with Crippen molar-refractivity contribution < 1.29 is 24.1 Å². The number of para-hydroxylation sites is 1. The Hall–Kier alpha value is -3.58. The molecule has 0 unspecified atom stereocenters. The number of amides is 1. The van der Waals surface area contributed by atoms with Gasteiger partial charge in [0.05, 0.1) is 17.9 Å². The number of carbonyl (C=O) groups excluding carboxylic acids is 1. The smallest absolute Gasteiger partial charge is 0.410 e. The molecule has 2 aliphatic rings. The molecule has 38 heavy (non-hydrogen) atoms. The largest absolute Gasteiger partial charge is 0.493 e. The predicted molar refractivity (Wildman–Crippen MR) is 147 cm³/mol. The van der Waals surface area contributed by atoms with Crippen LogP contribution in [0.5, 0.6) is 11.6 Å². The number of rotatable bonds is 6. The molecule has 0 fully saturated rings. The van der Waals surface area contributed by atoms with Crippen LogP contribution in [0.1, 0.15) is 49.4 Å². The third kappa shape index (κ3) is 5.34. The van der Waals surface area contributed by atoms with Crippen molar-refractivity contribution in [3.63, 3.8) is 0 Å². The molecule has 1 amide bonds. The second-order valence-electron chi connectivity index (χ2n) is 10.9. The maximum atomic E-state index is 12.6. The average molecular weight is 517 g/mol. The molecule has 7 heteroatoms. The fourth-order valence-electron chi connectivity index (χ4n) is 5.38. The SMILES string of the molecule is COCCOc1ccccc1-c1c(O)nc(-c2ccc3c(c2)CCN(C(=O)OC(C)(C)C)C3)c2c1CCC2. The topological polar surface area (TPSA) is 81.1 Å². The van der Waals surface area contributed by atoms with Gasteiger partial charge in [0.1, 0.15) is 18.0 Å². The van der Waals surface area contributed by atoms with Crippen molar-refractivity contribution in [1.29, 1.82) is 0 Å². The molecule has 200 valence electrons. The Bertz CT molecular complexity index is 1340. The van der Waals surface area contributed by atoms with Gasteiger partial charge in [0.25, 0.3) is 0 Å². The highest BCUT2D eigenvalue weighted by molar-refractivity contribution is 5.82. The molecule has 1 aliphatic heterocycles. The molecule has 2 aromatic carbocycles. The minimum Gasteiger partial charge on any atom is -0.493 e. The van der Waals surface area contributed by atoms with Crippen molar-refractivity contribution in [2.75, 3.05) is 26.9 Å². The molecule has 5 rings (SSSR count). The van der Waals surface area contributed by atoms with E-state index in [4.69, 9.17) is 19.2 Å². The van der Waals surface area contributed by atoms with Gasteiger partial charge >= 0.3 is 6.09 Å². The van der Waals surface area contributed by atoms with Crippen LogP contribution in [-0.2, 0) is 35.3 Å². The normalized spacial score (nSPS) is 14.7. The lowest BCUT2D eigenvalue weighted by atomic mass is 9.92. The third-order valence-corrected chi connectivity index (χ3v) is 7.09. The Balaban J connectivity index is 1.46. The quantitative estimate of drug-likeness (QED) is 0.409. The molecule has 3 aromatic rings. The van der Waals surface area contributed by atoms with E-state index in [2.05, 4.69) is 18.2 Å². The molecule has 1 aromatic heterocycles. The van der Waals surface area contributed by atoms with E-state index >= 15 is 0 Å². The highest BCUT2D eigenvalue weighted by Crippen LogP contribution is 2.45. The van der Waals surface area contributed by atoms with Crippen molar-refractivity contribution in [3.05, 3.63) is 64.7 Å². The molecular weight excluding hydrogens is 480 g/mol. The van der Waals surface area contributed by atoms with Gasteiger partial charge in [-0.05, 0) is 80.8 Å². The highest BCUT2D eigenvalue weighted by atomic mass is 16.6. The molecule has 0 saturated heterocycles. The highest BCUT2D eigenvalue weighted by Gasteiger charge is 2.29. The summed E-state index contributed by atoms with van der Waals surface area (Å²) in [6.45, 7) is 7.71. The van der Waals surface area contributed by atoms with Crippen LogP contribution in [-0.4, -0.2) is 53.6 Å². The standard InChI is InChI=1S/C31H36N2O5/c1-31(2,3)38-30(35)33-15-14-20-18-21(12-13-22(20)19-33)28-24-10-7-9-23(24)27(29(34)32-28)25-8-5-6-11-26(25)37-17-16-36-4/h5-6,8,11-13,18H,7,9-10,14-17,19H2,1-4H3,(H,32,34). The second kappa shape index (κ2) is 10.7. The van der Waals surface area contributed by atoms with Gasteiger partial charge in [0.15, 0.2) is 0 Å². The monoisotopic (exact) mass is 516 g/mol. The van der Waals surface area contributed by atoms with E-state index in [1.165, 1.54) is 11.1 Å². The van der Waals surface area contributed by atoms with Crippen LogP contribution in [0.15, 0.2) is 42.5 Å². The minimum absolute atomic E-state index is 0.0252. The van der Waals surface area contributed by atoms with Crippen LogP contribution in [0.25, 0.3) is 22.4 Å².